The first-order valence-corrected chi connectivity index (χ1v) is 5.35. The molecule has 0 unspecified atom stereocenters. The molecule has 0 aromatic carbocycles. The van der Waals surface area contributed by atoms with Crippen molar-refractivity contribution in [2.24, 2.45) is 0 Å². The molecule has 2 aromatic rings. The number of carbonyl (C=O) groups is 1. The minimum absolute atomic E-state index is 0.000231. The van der Waals surface area contributed by atoms with E-state index in [-0.39, 0.29) is 11.8 Å². The minimum Gasteiger partial charge on any atom is -0.348 e. The van der Waals surface area contributed by atoms with Crippen molar-refractivity contribution in [2.75, 3.05) is 6.54 Å². The highest BCUT2D eigenvalue weighted by Crippen LogP contribution is 2.20. The monoisotopic (exact) mass is 223 g/mol. The van der Waals surface area contributed by atoms with Gasteiger partial charge in [-0.3, -0.25) is 4.79 Å². The van der Waals surface area contributed by atoms with Crippen LogP contribution in [0.25, 0.3) is 10.7 Å². The van der Waals surface area contributed by atoms with E-state index in [1.165, 1.54) is 11.3 Å². The maximum Gasteiger partial charge on any atom is 0.316 e. The molecule has 0 saturated heterocycles. The zero-order chi connectivity index (χ0) is 10.7. The quantitative estimate of drug-likeness (QED) is 0.857. The molecule has 0 aliphatic heterocycles. The Hall–Kier alpha value is -1.69. The number of nitrogens with zero attached hydrogens (tertiary/aromatic N) is 2. The van der Waals surface area contributed by atoms with Crippen molar-refractivity contribution in [2.45, 2.75) is 6.92 Å². The molecule has 5 nitrogen and oxygen atoms in total. The lowest BCUT2D eigenvalue weighted by Crippen LogP contribution is -2.22. The van der Waals surface area contributed by atoms with Crippen LogP contribution in [-0.4, -0.2) is 22.6 Å². The molecule has 0 aliphatic rings. The topological polar surface area (TPSA) is 68.0 Å². The van der Waals surface area contributed by atoms with E-state index in [0.717, 1.165) is 4.88 Å². The Morgan fingerprint density at radius 3 is 3.20 bits per heavy atom. The molecule has 6 heteroatoms. The molecule has 0 aliphatic carbocycles. The number of rotatable bonds is 3. The number of nitrogens with one attached hydrogen (secondary N) is 1. The van der Waals surface area contributed by atoms with Gasteiger partial charge >= 0.3 is 11.8 Å². The summed E-state index contributed by atoms with van der Waals surface area (Å²) in [6.45, 7) is 2.37. The van der Waals surface area contributed by atoms with Crippen molar-refractivity contribution < 1.29 is 9.32 Å². The van der Waals surface area contributed by atoms with E-state index in [1.807, 2.05) is 24.4 Å². The van der Waals surface area contributed by atoms with E-state index in [9.17, 15) is 4.79 Å². The maximum atomic E-state index is 11.3. The van der Waals surface area contributed by atoms with Gasteiger partial charge in [-0.25, -0.2) is 0 Å². The van der Waals surface area contributed by atoms with Crippen molar-refractivity contribution in [3.63, 3.8) is 0 Å². The van der Waals surface area contributed by atoms with Gasteiger partial charge in [0.2, 0.25) is 5.82 Å². The normalized spacial score (nSPS) is 10.2. The van der Waals surface area contributed by atoms with E-state index in [1.54, 1.807) is 0 Å². The number of amides is 1. The number of hydrogen-bond donors (Lipinski definition) is 1. The molecule has 0 spiro atoms. The van der Waals surface area contributed by atoms with Gasteiger partial charge in [0, 0.05) is 6.54 Å². The molecule has 0 radical (unpaired) electrons. The molecule has 78 valence electrons. The fourth-order valence-corrected chi connectivity index (χ4v) is 1.71. The van der Waals surface area contributed by atoms with Crippen molar-refractivity contribution in [3.8, 4) is 10.7 Å². The van der Waals surface area contributed by atoms with Gasteiger partial charge in [-0.2, -0.15) is 4.98 Å². The fraction of sp³-hybridized carbons (Fsp3) is 0.222. The van der Waals surface area contributed by atoms with Crippen LogP contribution in [0.4, 0.5) is 0 Å². The molecule has 0 fully saturated rings. The number of hydrogen-bond acceptors (Lipinski definition) is 5. The Balaban J connectivity index is 2.21. The molecule has 2 aromatic heterocycles. The van der Waals surface area contributed by atoms with Gasteiger partial charge in [-0.15, -0.1) is 11.3 Å². The second kappa shape index (κ2) is 4.22. The first kappa shape index (κ1) is 9.85. The number of aromatic nitrogens is 2. The molecule has 0 bridgehead atoms. The minimum atomic E-state index is -0.340. The average Bonchev–Trinajstić information content (AvgIpc) is 2.89. The summed E-state index contributed by atoms with van der Waals surface area (Å²) >= 11 is 1.50. The molecular weight excluding hydrogens is 214 g/mol. The molecule has 2 rings (SSSR count). The molecular formula is C9H9N3O2S. The zero-order valence-electron chi connectivity index (χ0n) is 8.06. The predicted molar refractivity (Wildman–Crippen MR) is 55.6 cm³/mol. The van der Waals surface area contributed by atoms with Crippen molar-refractivity contribution in [1.82, 2.24) is 15.5 Å². The van der Waals surface area contributed by atoms with E-state index in [4.69, 9.17) is 4.52 Å². The lowest BCUT2D eigenvalue weighted by molar-refractivity contribution is 0.0912. The Morgan fingerprint density at radius 2 is 2.53 bits per heavy atom. The summed E-state index contributed by atoms with van der Waals surface area (Å²) in [7, 11) is 0. The molecule has 2 heterocycles. The third-order valence-electron chi connectivity index (χ3n) is 1.70. The van der Waals surface area contributed by atoms with Crippen LogP contribution in [0.5, 0.6) is 0 Å². The molecule has 1 N–H and O–H groups in total. The van der Waals surface area contributed by atoms with Crippen LogP contribution in [0.2, 0.25) is 0 Å². The van der Waals surface area contributed by atoms with Gasteiger partial charge in [0.1, 0.15) is 0 Å². The van der Waals surface area contributed by atoms with E-state index >= 15 is 0 Å². The van der Waals surface area contributed by atoms with Crippen LogP contribution in [0.1, 0.15) is 17.6 Å². The Labute approximate surface area is 90.1 Å². The average molecular weight is 223 g/mol. The SMILES string of the molecule is CCNC(=O)c1nc(-c2cccs2)no1. The summed E-state index contributed by atoms with van der Waals surface area (Å²) in [5.74, 6) is 0.110. The van der Waals surface area contributed by atoms with Gasteiger partial charge < -0.3 is 9.84 Å². The summed E-state index contributed by atoms with van der Waals surface area (Å²) in [5.41, 5.74) is 0. The summed E-state index contributed by atoms with van der Waals surface area (Å²) in [6, 6.07) is 3.76. The van der Waals surface area contributed by atoms with Gasteiger partial charge in [-0.05, 0) is 18.4 Å². The summed E-state index contributed by atoms with van der Waals surface area (Å²) in [4.78, 5) is 16.2. The van der Waals surface area contributed by atoms with Gasteiger partial charge in [-0.1, -0.05) is 11.2 Å². The maximum absolute atomic E-state index is 11.3. The van der Waals surface area contributed by atoms with Gasteiger partial charge in [0.05, 0.1) is 4.88 Å². The van der Waals surface area contributed by atoms with Crippen LogP contribution in [0.15, 0.2) is 22.0 Å². The summed E-state index contributed by atoms with van der Waals surface area (Å²) < 4.78 is 4.84. The second-order valence-corrected chi connectivity index (χ2v) is 3.71. The fourth-order valence-electron chi connectivity index (χ4n) is 1.06. The van der Waals surface area contributed by atoms with Crippen LogP contribution in [-0.2, 0) is 0 Å². The van der Waals surface area contributed by atoms with E-state index in [2.05, 4.69) is 15.5 Å². The highest BCUT2D eigenvalue weighted by molar-refractivity contribution is 7.13. The highest BCUT2D eigenvalue weighted by Gasteiger charge is 2.15. The highest BCUT2D eigenvalue weighted by atomic mass is 32.1. The first-order valence-electron chi connectivity index (χ1n) is 4.47. The Morgan fingerprint density at radius 1 is 1.67 bits per heavy atom. The Bertz CT molecular complexity index is 450. The number of carbonyl (C=O) groups excluding carboxylic acids is 1. The van der Waals surface area contributed by atoms with Crippen LogP contribution in [0, 0.1) is 0 Å². The molecule has 1 amide bonds. The summed E-state index contributed by atoms with van der Waals surface area (Å²) in [5, 5.41) is 8.23. The molecule has 0 saturated carbocycles. The number of thiophene rings is 1. The smallest absolute Gasteiger partial charge is 0.316 e. The van der Waals surface area contributed by atoms with Crippen LogP contribution in [0.3, 0.4) is 0 Å². The lowest BCUT2D eigenvalue weighted by Gasteiger charge is -1.93. The third-order valence-corrected chi connectivity index (χ3v) is 2.56. The molecule has 0 atom stereocenters. The predicted octanol–water partition coefficient (Wildman–Crippen LogP) is 1.55. The lowest BCUT2D eigenvalue weighted by atomic mass is 10.4. The summed E-state index contributed by atoms with van der Waals surface area (Å²) in [6.07, 6.45) is 0. The largest absolute Gasteiger partial charge is 0.348 e. The Kier molecular flexibility index (Phi) is 2.77. The van der Waals surface area contributed by atoms with Crippen LogP contribution < -0.4 is 5.32 Å². The zero-order valence-corrected chi connectivity index (χ0v) is 8.87. The standard InChI is InChI=1S/C9H9N3O2S/c1-2-10-8(13)9-11-7(12-14-9)6-4-3-5-15-6/h3-5H,2H2,1H3,(H,10,13). The molecule has 15 heavy (non-hydrogen) atoms. The van der Waals surface area contributed by atoms with Crippen molar-refractivity contribution in [1.29, 1.82) is 0 Å². The van der Waals surface area contributed by atoms with E-state index in [0.29, 0.717) is 12.4 Å². The van der Waals surface area contributed by atoms with Crippen molar-refractivity contribution in [3.05, 3.63) is 23.4 Å². The van der Waals surface area contributed by atoms with E-state index < -0.39 is 0 Å². The first-order chi connectivity index (χ1) is 7.31. The van der Waals surface area contributed by atoms with Gasteiger partial charge in [0.25, 0.3) is 0 Å². The van der Waals surface area contributed by atoms with Gasteiger partial charge in [0.15, 0.2) is 0 Å². The van der Waals surface area contributed by atoms with Crippen molar-refractivity contribution >= 4 is 17.2 Å². The van der Waals surface area contributed by atoms with Crippen LogP contribution >= 0.6 is 11.3 Å². The third kappa shape index (κ3) is 2.04. The second-order valence-electron chi connectivity index (χ2n) is 2.76.